The van der Waals surface area contributed by atoms with Gasteiger partial charge in [0, 0.05) is 18.0 Å². The number of benzene rings is 1. The quantitative estimate of drug-likeness (QED) is 0.804. The van der Waals surface area contributed by atoms with Crippen LogP contribution in [-0.2, 0) is 7.05 Å². The van der Waals surface area contributed by atoms with E-state index in [4.69, 9.17) is 5.73 Å². The third kappa shape index (κ3) is 3.12. The normalized spacial score (nSPS) is 12.4. The van der Waals surface area contributed by atoms with Crippen molar-refractivity contribution in [2.45, 2.75) is 23.0 Å². The Morgan fingerprint density at radius 3 is 2.53 bits per heavy atom. The average molecular weight is 278 g/mol. The molecular weight excluding hydrogens is 264 g/mol. The molecule has 0 unspecified atom stereocenters. The molecule has 0 spiro atoms. The lowest BCUT2D eigenvalue weighted by molar-refractivity contribution is 0.596. The molecule has 7 heteroatoms. The molecule has 2 aromatic rings. The summed E-state index contributed by atoms with van der Waals surface area (Å²) in [7, 11) is 1.63. The molecular formula is C12H14N4O2S. The minimum Gasteiger partial charge on any atom is -0.324 e. The Balaban J connectivity index is 2.29. The number of hydrogen-bond acceptors (Lipinski definition) is 5. The fourth-order valence-corrected chi connectivity index (χ4v) is 2.29. The molecule has 6 nitrogen and oxygen atoms in total. The second-order valence-corrected chi connectivity index (χ2v) is 5.20. The molecule has 1 heterocycles. The molecule has 19 heavy (non-hydrogen) atoms. The molecule has 0 aliphatic rings. The van der Waals surface area contributed by atoms with Crippen LogP contribution in [0, 0.1) is 0 Å². The van der Waals surface area contributed by atoms with Crippen LogP contribution in [0.4, 0.5) is 0 Å². The summed E-state index contributed by atoms with van der Waals surface area (Å²) in [6.07, 6.45) is 0. The van der Waals surface area contributed by atoms with Crippen molar-refractivity contribution in [3.8, 4) is 0 Å². The van der Waals surface area contributed by atoms with Crippen molar-refractivity contribution in [2.24, 2.45) is 12.8 Å². The van der Waals surface area contributed by atoms with Crippen molar-refractivity contribution in [1.82, 2.24) is 14.8 Å². The van der Waals surface area contributed by atoms with E-state index in [1.54, 1.807) is 7.05 Å². The van der Waals surface area contributed by atoms with Crippen molar-refractivity contribution in [3.63, 3.8) is 0 Å². The molecule has 0 aliphatic heterocycles. The van der Waals surface area contributed by atoms with Gasteiger partial charge in [0.1, 0.15) is 0 Å². The van der Waals surface area contributed by atoms with Crippen molar-refractivity contribution < 1.29 is 0 Å². The van der Waals surface area contributed by atoms with Gasteiger partial charge in [0.25, 0.3) is 0 Å². The highest BCUT2D eigenvalue weighted by molar-refractivity contribution is 7.99. The van der Waals surface area contributed by atoms with Crippen LogP contribution in [0.5, 0.6) is 0 Å². The van der Waals surface area contributed by atoms with Gasteiger partial charge in [-0.1, -0.05) is 23.9 Å². The zero-order chi connectivity index (χ0) is 14.0. The highest BCUT2D eigenvalue weighted by Gasteiger charge is 2.06. The smallest absolute Gasteiger partial charge is 0.324 e. The Morgan fingerprint density at radius 2 is 1.95 bits per heavy atom. The van der Waals surface area contributed by atoms with E-state index in [2.05, 4.69) is 10.1 Å². The lowest BCUT2D eigenvalue weighted by Gasteiger charge is -2.08. The number of hydrogen-bond donors (Lipinski definition) is 2. The van der Waals surface area contributed by atoms with Gasteiger partial charge < -0.3 is 5.73 Å². The van der Waals surface area contributed by atoms with Crippen LogP contribution in [0.25, 0.3) is 0 Å². The van der Waals surface area contributed by atoms with Crippen LogP contribution in [0.3, 0.4) is 0 Å². The predicted octanol–water partition coefficient (Wildman–Crippen LogP) is 0.639. The van der Waals surface area contributed by atoms with E-state index in [0.717, 1.165) is 10.5 Å². The number of nitrogens with two attached hydrogens (primary N) is 1. The zero-order valence-corrected chi connectivity index (χ0v) is 11.4. The predicted molar refractivity (Wildman–Crippen MR) is 73.3 cm³/mol. The molecule has 1 aromatic heterocycles. The Morgan fingerprint density at radius 1 is 1.32 bits per heavy atom. The molecule has 0 aliphatic carbocycles. The number of aromatic nitrogens is 3. The maximum atomic E-state index is 11.2. The van der Waals surface area contributed by atoms with Crippen LogP contribution in [-0.4, -0.2) is 14.8 Å². The molecule has 0 fully saturated rings. The van der Waals surface area contributed by atoms with E-state index < -0.39 is 11.1 Å². The molecule has 0 saturated heterocycles. The van der Waals surface area contributed by atoms with Crippen molar-refractivity contribution in [2.75, 3.05) is 0 Å². The van der Waals surface area contributed by atoms with Gasteiger partial charge >= 0.3 is 11.1 Å². The minimum atomic E-state index is -0.784. The Kier molecular flexibility index (Phi) is 3.87. The number of rotatable bonds is 3. The van der Waals surface area contributed by atoms with Crippen molar-refractivity contribution in [3.05, 3.63) is 50.5 Å². The molecule has 100 valence electrons. The van der Waals surface area contributed by atoms with E-state index >= 15 is 0 Å². The largest absolute Gasteiger partial charge is 0.339 e. The van der Waals surface area contributed by atoms with Gasteiger partial charge in [-0.15, -0.1) is 0 Å². The molecule has 0 radical (unpaired) electrons. The summed E-state index contributed by atoms with van der Waals surface area (Å²) in [6.45, 7) is 1.91. The van der Waals surface area contributed by atoms with Crippen LogP contribution in [0.1, 0.15) is 18.5 Å². The third-order valence-electron chi connectivity index (χ3n) is 2.56. The summed E-state index contributed by atoms with van der Waals surface area (Å²) in [4.78, 5) is 27.0. The maximum Gasteiger partial charge on any atom is 0.339 e. The second kappa shape index (κ2) is 5.41. The molecule has 1 atom stereocenters. The molecule has 3 N–H and O–H groups in total. The minimum absolute atomic E-state index is 0.0189. The summed E-state index contributed by atoms with van der Waals surface area (Å²) >= 11 is 1.30. The summed E-state index contributed by atoms with van der Waals surface area (Å²) in [5.41, 5.74) is 5.30. The van der Waals surface area contributed by atoms with Gasteiger partial charge in [0.05, 0.1) is 0 Å². The molecule has 1 aromatic carbocycles. The van der Waals surface area contributed by atoms with Gasteiger partial charge in [0.15, 0.2) is 5.16 Å². The Labute approximate surface area is 113 Å². The Bertz CT molecular complexity index is 688. The third-order valence-corrected chi connectivity index (χ3v) is 3.62. The number of aromatic amines is 1. The van der Waals surface area contributed by atoms with Gasteiger partial charge in [-0.2, -0.15) is 4.98 Å². The molecule has 0 amide bonds. The summed E-state index contributed by atoms with van der Waals surface area (Å²) in [5.74, 6) is 0. The van der Waals surface area contributed by atoms with Gasteiger partial charge in [-0.05, 0) is 24.6 Å². The first-order valence-corrected chi connectivity index (χ1v) is 6.50. The molecule has 0 bridgehead atoms. The fraction of sp³-hybridized carbons (Fsp3) is 0.250. The number of nitrogens with zero attached hydrogens (tertiary/aromatic N) is 2. The topological polar surface area (TPSA) is 93.8 Å². The number of aryl methyl sites for hydroxylation is 1. The summed E-state index contributed by atoms with van der Waals surface area (Å²) in [6, 6.07) is 7.64. The van der Waals surface area contributed by atoms with Gasteiger partial charge in [-0.25, -0.2) is 0 Å². The number of nitrogens with one attached hydrogen (secondary N) is 1. The zero-order valence-electron chi connectivity index (χ0n) is 10.6. The maximum absolute atomic E-state index is 11.2. The van der Waals surface area contributed by atoms with E-state index in [9.17, 15) is 9.59 Å². The molecule has 2 rings (SSSR count). The first-order valence-electron chi connectivity index (χ1n) is 5.68. The standard InChI is InChI=1S/C12H14N4O2S/c1-7(13)8-3-5-9(6-4-8)19-12-14-10(17)11(18)15-16(12)2/h3-7H,13H2,1-2H3,(H,15,18)/t7-/m0/s1. The van der Waals surface area contributed by atoms with Gasteiger partial charge in [-0.3, -0.25) is 19.4 Å². The van der Waals surface area contributed by atoms with Crippen LogP contribution in [0.2, 0.25) is 0 Å². The summed E-state index contributed by atoms with van der Waals surface area (Å²) < 4.78 is 1.42. The fourth-order valence-electron chi connectivity index (χ4n) is 1.50. The summed E-state index contributed by atoms with van der Waals surface area (Å²) in [5, 5.41) is 2.83. The van der Waals surface area contributed by atoms with Crippen LogP contribution >= 0.6 is 11.8 Å². The SMILES string of the molecule is C[C@H](N)c1ccc(Sc2nc(=O)c(=O)[nH]n2C)cc1. The lowest BCUT2D eigenvalue weighted by Crippen LogP contribution is -2.33. The van der Waals surface area contributed by atoms with Crippen molar-refractivity contribution in [1.29, 1.82) is 0 Å². The average Bonchev–Trinajstić information content (AvgIpc) is 2.36. The van der Waals surface area contributed by atoms with Gasteiger partial charge in [0.2, 0.25) is 0 Å². The van der Waals surface area contributed by atoms with Crippen molar-refractivity contribution >= 4 is 11.8 Å². The van der Waals surface area contributed by atoms with E-state index in [-0.39, 0.29) is 6.04 Å². The first-order chi connectivity index (χ1) is 8.97. The highest BCUT2D eigenvalue weighted by Crippen LogP contribution is 2.25. The first kappa shape index (κ1) is 13.6. The van der Waals surface area contributed by atoms with Crippen LogP contribution in [0.15, 0.2) is 43.9 Å². The lowest BCUT2D eigenvalue weighted by atomic mass is 10.1. The van der Waals surface area contributed by atoms with E-state index in [1.807, 2.05) is 31.2 Å². The number of H-pyrrole nitrogens is 1. The second-order valence-electron chi connectivity index (χ2n) is 4.16. The van der Waals surface area contributed by atoms with Crippen LogP contribution < -0.4 is 16.9 Å². The van der Waals surface area contributed by atoms with E-state index in [0.29, 0.717) is 5.16 Å². The van der Waals surface area contributed by atoms with E-state index in [1.165, 1.54) is 16.4 Å². The highest BCUT2D eigenvalue weighted by atomic mass is 32.2. The molecule has 0 saturated carbocycles. The monoisotopic (exact) mass is 278 g/mol. The Hall–Kier alpha value is -1.86.